The number of aromatic nitrogens is 3. The van der Waals surface area contributed by atoms with Crippen LogP contribution in [-0.2, 0) is 0 Å². The van der Waals surface area contributed by atoms with Gasteiger partial charge in [0.15, 0.2) is 17.5 Å². The zero-order valence-corrected chi connectivity index (χ0v) is 30.8. The molecule has 54 heavy (non-hydrogen) atoms. The van der Waals surface area contributed by atoms with Crippen LogP contribution in [0.1, 0.15) is 0 Å². The van der Waals surface area contributed by atoms with E-state index in [9.17, 15) is 0 Å². The molecule has 0 N–H and O–H groups in total. The van der Waals surface area contributed by atoms with Crippen LogP contribution < -0.4 is 10.4 Å². The number of para-hydroxylation sites is 1. The van der Waals surface area contributed by atoms with Gasteiger partial charge in [0, 0.05) is 33.0 Å². The molecule has 0 radical (unpaired) electrons. The van der Waals surface area contributed by atoms with Crippen molar-refractivity contribution in [3.05, 3.63) is 164 Å². The lowest BCUT2D eigenvalue weighted by molar-refractivity contribution is 0.670. The first kappa shape index (κ1) is 30.9. The lowest BCUT2D eigenvalue weighted by atomic mass is 9.98. The predicted octanol–water partition coefficient (Wildman–Crippen LogP) is 11.5. The number of hydrogen-bond donors (Lipinski definition) is 0. The summed E-state index contributed by atoms with van der Waals surface area (Å²) in [4.78, 5) is 15.9. The van der Waals surface area contributed by atoms with E-state index in [1.807, 2.05) is 12.1 Å². The summed E-state index contributed by atoms with van der Waals surface area (Å²) in [7, 11) is -2.09. The third-order valence-electron chi connectivity index (χ3n) is 11.3. The monoisotopic (exact) mass is 707 g/mol. The van der Waals surface area contributed by atoms with Gasteiger partial charge in [-0.2, -0.15) is 0 Å². The molecule has 1 aliphatic rings. The summed E-state index contributed by atoms with van der Waals surface area (Å²) < 4.78 is 6.83. The number of nitrogens with zero attached hydrogens (tertiary/aromatic N) is 3. The topological polar surface area (TPSA) is 51.8 Å². The van der Waals surface area contributed by atoms with Gasteiger partial charge in [0.25, 0.3) is 0 Å². The van der Waals surface area contributed by atoms with Crippen LogP contribution in [0.25, 0.3) is 99.9 Å². The van der Waals surface area contributed by atoms with Crippen molar-refractivity contribution in [2.45, 2.75) is 13.1 Å². The molecule has 0 bridgehead atoms. The van der Waals surface area contributed by atoms with Gasteiger partial charge in [-0.3, -0.25) is 0 Å². The highest BCUT2D eigenvalue weighted by atomic mass is 28.3. The summed E-state index contributed by atoms with van der Waals surface area (Å²) in [5, 5.41) is 9.64. The minimum absolute atomic E-state index is 0.633. The normalized spacial score (nSPS) is 13.1. The molecule has 0 spiro atoms. The Bertz CT molecular complexity index is 3130. The Labute approximate surface area is 313 Å². The Morgan fingerprint density at radius 1 is 0.426 bits per heavy atom. The molecule has 10 aromatic rings. The van der Waals surface area contributed by atoms with Crippen molar-refractivity contribution in [2.75, 3.05) is 0 Å². The lowest BCUT2D eigenvalue weighted by Gasteiger charge is -2.19. The summed E-state index contributed by atoms with van der Waals surface area (Å²) in [6.45, 7) is 4.88. The maximum atomic E-state index is 6.83. The summed E-state index contributed by atoms with van der Waals surface area (Å²) in [5.74, 6) is 1.91. The molecule has 3 heterocycles. The van der Waals surface area contributed by atoms with Crippen LogP contribution in [0, 0.1) is 0 Å². The fraction of sp³-hybridized carbons (Fsp3) is 0.0408. The third kappa shape index (κ3) is 4.65. The van der Waals surface area contributed by atoms with Crippen LogP contribution in [0.4, 0.5) is 0 Å². The zero-order valence-electron chi connectivity index (χ0n) is 29.8. The summed E-state index contributed by atoms with van der Waals surface area (Å²) in [5.41, 5.74) is 9.42. The van der Waals surface area contributed by atoms with Crippen molar-refractivity contribution in [1.29, 1.82) is 0 Å². The van der Waals surface area contributed by atoms with Crippen LogP contribution in [0.3, 0.4) is 0 Å². The van der Waals surface area contributed by atoms with Crippen LogP contribution in [0.15, 0.2) is 168 Å². The van der Waals surface area contributed by atoms with Crippen LogP contribution in [-0.4, -0.2) is 23.0 Å². The molecular formula is C49H33N3OSi. The molecule has 8 aromatic carbocycles. The highest BCUT2D eigenvalue weighted by Gasteiger charge is 2.40. The molecule has 2 aromatic heterocycles. The molecule has 0 atom stereocenters. The molecule has 5 heteroatoms. The molecule has 11 rings (SSSR count). The standard InChI is InChI=1S/C49H33N3OSi/c1-54(2)42-19-11-9-17-38(42)45-43(54)29-40(44-37-16-8-10-18-41(37)53-46(44)45)49-51-47(34-25-20-31(21-26-34)30-12-4-3-5-13-30)50-48(52-49)35-27-24-33-23-22-32-14-6-7-15-36(32)39(33)28-35/h3-29H,1-2H3. The minimum Gasteiger partial charge on any atom is -0.455 e. The van der Waals surface area contributed by atoms with E-state index in [1.54, 1.807) is 0 Å². The second kappa shape index (κ2) is 11.7. The number of benzene rings is 8. The Morgan fingerprint density at radius 2 is 1.02 bits per heavy atom. The van der Waals surface area contributed by atoms with E-state index >= 15 is 0 Å². The van der Waals surface area contributed by atoms with E-state index in [0.717, 1.165) is 44.2 Å². The van der Waals surface area contributed by atoms with Gasteiger partial charge < -0.3 is 4.42 Å². The molecule has 1 aliphatic heterocycles. The summed E-state index contributed by atoms with van der Waals surface area (Å²) in [6.07, 6.45) is 0. The summed E-state index contributed by atoms with van der Waals surface area (Å²) in [6, 6.07) is 58.0. The average molecular weight is 708 g/mol. The Kier molecular flexibility index (Phi) is 6.67. The average Bonchev–Trinajstić information content (AvgIpc) is 3.73. The first-order chi connectivity index (χ1) is 26.5. The van der Waals surface area contributed by atoms with Crippen molar-refractivity contribution in [3.63, 3.8) is 0 Å². The smallest absolute Gasteiger partial charge is 0.164 e. The summed E-state index contributed by atoms with van der Waals surface area (Å²) >= 11 is 0. The highest BCUT2D eigenvalue weighted by molar-refractivity contribution is 7.04. The Balaban J connectivity index is 1.19. The lowest BCUT2D eigenvalue weighted by Crippen LogP contribution is -2.49. The van der Waals surface area contributed by atoms with Crippen molar-refractivity contribution >= 4 is 61.9 Å². The number of hydrogen-bond acceptors (Lipinski definition) is 4. The third-order valence-corrected chi connectivity index (χ3v) is 14.8. The van der Waals surface area contributed by atoms with E-state index in [2.05, 4.69) is 165 Å². The fourth-order valence-corrected chi connectivity index (χ4v) is 11.6. The molecule has 254 valence electrons. The van der Waals surface area contributed by atoms with Crippen LogP contribution in [0.5, 0.6) is 0 Å². The van der Waals surface area contributed by atoms with E-state index < -0.39 is 8.07 Å². The molecular weight excluding hydrogens is 675 g/mol. The second-order valence-corrected chi connectivity index (χ2v) is 19.1. The van der Waals surface area contributed by atoms with Gasteiger partial charge in [-0.1, -0.05) is 159 Å². The van der Waals surface area contributed by atoms with Crippen LogP contribution in [0.2, 0.25) is 13.1 Å². The predicted molar refractivity (Wildman–Crippen MR) is 226 cm³/mol. The van der Waals surface area contributed by atoms with Gasteiger partial charge in [0.2, 0.25) is 0 Å². The maximum Gasteiger partial charge on any atom is 0.164 e. The van der Waals surface area contributed by atoms with Crippen molar-refractivity contribution < 1.29 is 4.42 Å². The van der Waals surface area contributed by atoms with Crippen molar-refractivity contribution in [1.82, 2.24) is 15.0 Å². The van der Waals surface area contributed by atoms with Gasteiger partial charge in [-0.25, -0.2) is 15.0 Å². The quantitative estimate of drug-likeness (QED) is 0.135. The SMILES string of the molecule is C[Si]1(C)c2ccccc2-c2c1cc(-c1nc(-c3ccc(-c4ccccc4)cc3)nc(-c3ccc4ccc5ccccc5c4c3)n1)c1c2oc2ccccc21. The molecule has 0 unspecified atom stereocenters. The fourth-order valence-electron chi connectivity index (χ4n) is 8.57. The Hall–Kier alpha value is -6.69. The van der Waals surface area contributed by atoms with E-state index in [0.29, 0.717) is 17.5 Å². The molecule has 0 amide bonds. The molecule has 4 nitrogen and oxygen atoms in total. The van der Waals surface area contributed by atoms with E-state index in [1.165, 1.54) is 48.6 Å². The van der Waals surface area contributed by atoms with Gasteiger partial charge >= 0.3 is 0 Å². The van der Waals surface area contributed by atoms with Gasteiger partial charge in [-0.15, -0.1) is 0 Å². The van der Waals surface area contributed by atoms with Crippen molar-refractivity contribution in [2.24, 2.45) is 0 Å². The minimum atomic E-state index is -2.09. The number of furan rings is 1. The first-order valence-electron chi connectivity index (χ1n) is 18.4. The maximum absolute atomic E-state index is 6.83. The van der Waals surface area contributed by atoms with Gasteiger partial charge in [-0.05, 0) is 66.8 Å². The Morgan fingerprint density at radius 3 is 1.85 bits per heavy atom. The van der Waals surface area contributed by atoms with E-state index in [-0.39, 0.29) is 0 Å². The second-order valence-electron chi connectivity index (χ2n) is 14.8. The molecule has 0 saturated carbocycles. The largest absolute Gasteiger partial charge is 0.455 e. The van der Waals surface area contributed by atoms with Crippen molar-refractivity contribution in [3.8, 4) is 56.4 Å². The number of rotatable bonds is 4. The van der Waals surface area contributed by atoms with Gasteiger partial charge in [0.1, 0.15) is 19.2 Å². The van der Waals surface area contributed by atoms with Crippen LogP contribution >= 0.6 is 0 Å². The highest BCUT2D eigenvalue weighted by Crippen LogP contribution is 2.43. The first-order valence-corrected chi connectivity index (χ1v) is 21.4. The molecule has 0 aliphatic carbocycles. The zero-order chi connectivity index (χ0) is 36.0. The number of fused-ring (bicyclic) bond motifs is 10. The molecule has 0 saturated heterocycles. The van der Waals surface area contributed by atoms with E-state index in [4.69, 9.17) is 19.4 Å². The molecule has 0 fully saturated rings. The van der Waals surface area contributed by atoms with Gasteiger partial charge in [0.05, 0.1) is 0 Å².